The molecular weight excluding hydrogens is 390 g/mol. The molecular formula is C18H18F6N2O2. The lowest BCUT2D eigenvalue weighted by atomic mass is 10.0. The minimum Gasteiger partial charge on any atom is -0.475 e. The average Bonchev–Trinajstić information content (AvgIpc) is 3.06. The zero-order valence-corrected chi connectivity index (χ0v) is 14.8. The van der Waals surface area contributed by atoms with Crippen molar-refractivity contribution in [3.63, 3.8) is 0 Å². The molecule has 0 radical (unpaired) electrons. The number of benzene rings is 1. The highest BCUT2D eigenvalue weighted by molar-refractivity contribution is 5.73. The number of hydrogen-bond donors (Lipinski definition) is 1. The van der Waals surface area contributed by atoms with Crippen molar-refractivity contribution < 1.29 is 36.2 Å². The first-order valence-corrected chi connectivity index (χ1v) is 8.25. The second-order valence-corrected chi connectivity index (χ2v) is 6.23. The summed E-state index contributed by atoms with van der Waals surface area (Å²) in [6.07, 6.45) is -7.36. The van der Waals surface area contributed by atoms with Gasteiger partial charge in [-0.05, 0) is 30.7 Å². The highest BCUT2D eigenvalue weighted by Crippen LogP contribution is 2.34. The minimum absolute atomic E-state index is 0.120. The van der Waals surface area contributed by atoms with Crippen LogP contribution in [0.5, 0.6) is 0 Å². The van der Waals surface area contributed by atoms with Crippen LogP contribution in [0.2, 0.25) is 0 Å². The predicted octanol–water partition coefficient (Wildman–Crippen LogP) is 4.72. The molecule has 3 rings (SSSR count). The van der Waals surface area contributed by atoms with Crippen molar-refractivity contribution in [1.29, 1.82) is 0 Å². The van der Waals surface area contributed by atoms with E-state index in [1.165, 1.54) is 6.07 Å². The maximum Gasteiger partial charge on any atom is 0.490 e. The molecule has 0 bridgehead atoms. The Morgan fingerprint density at radius 3 is 2.25 bits per heavy atom. The zero-order valence-electron chi connectivity index (χ0n) is 14.8. The smallest absolute Gasteiger partial charge is 0.475 e. The Bertz CT molecular complexity index is 813. The fourth-order valence-electron chi connectivity index (χ4n) is 3.00. The van der Waals surface area contributed by atoms with E-state index in [2.05, 4.69) is 9.47 Å². The summed E-state index contributed by atoms with van der Waals surface area (Å²) in [6.45, 7) is 3.94. The Balaban J connectivity index is 0.000000345. The standard InChI is InChI=1S/C16H17F3N2.C2HF3O2/c1-12-15-7-4-8-20(15)9-10-21(12)11-13-5-2-3-6-14(13)16(17,18)19;3-2(4,5)1(6)7/h2-8,12H,9-11H2,1H3;(H,6,7). The number of halogens is 6. The molecule has 0 spiro atoms. The summed E-state index contributed by atoms with van der Waals surface area (Å²) in [5.41, 5.74) is 0.973. The zero-order chi connectivity index (χ0) is 21.1. The molecule has 1 atom stereocenters. The number of nitrogens with zero attached hydrogens (tertiary/aromatic N) is 2. The number of rotatable bonds is 2. The summed E-state index contributed by atoms with van der Waals surface area (Å²) in [4.78, 5) is 11.0. The molecule has 10 heteroatoms. The Morgan fingerprint density at radius 1 is 1.07 bits per heavy atom. The molecule has 2 aromatic rings. The summed E-state index contributed by atoms with van der Waals surface area (Å²) >= 11 is 0. The van der Waals surface area contributed by atoms with E-state index < -0.39 is 23.9 Å². The van der Waals surface area contributed by atoms with Gasteiger partial charge in [0.05, 0.1) is 5.56 Å². The summed E-state index contributed by atoms with van der Waals surface area (Å²) in [5.74, 6) is -2.76. The van der Waals surface area contributed by atoms with E-state index in [4.69, 9.17) is 9.90 Å². The van der Waals surface area contributed by atoms with Gasteiger partial charge in [0.25, 0.3) is 0 Å². The first kappa shape index (κ1) is 21.8. The summed E-state index contributed by atoms with van der Waals surface area (Å²) in [7, 11) is 0. The summed E-state index contributed by atoms with van der Waals surface area (Å²) in [5, 5.41) is 7.12. The van der Waals surface area contributed by atoms with Crippen molar-refractivity contribution in [2.75, 3.05) is 6.54 Å². The molecule has 0 amide bonds. The molecule has 2 heterocycles. The molecule has 0 fully saturated rings. The van der Waals surface area contributed by atoms with Gasteiger partial charge >= 0.3 is 18.3 Å². The van der Waals surface area contributed by atoms with Crippen LogP contribution in [0.3, 0.4) is 0 Å². The highest BCUT2D eigenvalue weighted by atomic mass is 19.4. The molecule has 1 N–H and O–H groups in total. The maximum absolute atomic E-state index is 13.1. The second kappa shape index (κ2) is 8.26. The molecule has 0 aliphatic carbocycles. The van der Waals surface area contributed by atoms with Gasteiger partial charge in [-0.1, -0.05) is 18.2 Å². The largest absolute Gasteiger partial charge is 0.490 e. The second-order valence-electron chi connectivity index (χ2n) is 6.23. The molecule has 1 aromatic heterocycles. The number of hydrogen-bond acceptors (Lipinski definition) is 2. The third-order valence-electron chi connectivity index (χ3n) is 4.41. The van der Waals surface area contributed by atoms with Crippen molar-refractivity contribution >= 4 is 5.97 Å². The van der Waals surface area contributed by atoms with Crippen LogP contribution in [0.15, 0.2) is 42.6 Å². The Kier molecular flexibility index (Phi) is 6.43. The number of carbonyl (C=O) groups is 1. The normalized spacial score (nSPS) is 17.5. The van der Waals surface area contributed by atoms with Gasteiger partial charge in [-0.25, -0.2) is 4.79 Å². The van der Waals surface area contributed by atoms with Crippen molar-refractivity contribution in [3.05, 3.63) is 59.4 Å². The molecule has 154 valence electrons. The number of alkyl halides is 6. The third kappa shape index (κ3) is 5.28. The molecule has 28 heavy (non-hydrogen) atoms. The van der Waals surface area contributed by atoms with Crippen LogP contribution in [0.25, 0.3) is 0 Å². The quantitative estimate of drug-likeness (QED) is 0.732. The van der Waals surface area contributed by atoms with E-state index in [1.807, 2.05) is 25.3 Å². The van der Waals surface area contributed by atoms with Gasteiger partial charge in [0.2, 0.25) is 0 Å². The lowest BCUT2D eigenvalue weighted by molar-refractivity contribution is -0.192. The Morgan fingerprint density at radius 2 is 1.68 bits per heavy atom. The molecule has 1 unspecified atom stereocenters. The van der Waals surface area contributed by atoms with Gasteiger partial charge in [-0.3, -0.25) is 4.90 Å². The van der Waals surface area contributed by atoms with E-state index in [1.54, 1.807) is 12.1 Å². The van der Waals surface area contributed by atoms with Crippen molar-refractivity contribution in [2.45, 2.75) is 38.4 Å². The van der Waals surface area contributed by atoms with E-state index >= 15 is 0 Å². The van der Waals surface area contributed by atoms with Gasteiger partial charge in [0, 0.05) is 37.6 Å². The van der Waals surface area contributed by atoms with Crippen LogP contribution in [-0.2, 0) is 24.1 Å². The van der Waals surface area contributed by atoms with Gasteiger partial charge < -0.3 is 9.67 Å². The van der Waals surface area contributed by atoms with Crippen LogP contribution < -0.4 is 0 Å². The molecule has 1 aliphatic heterocycles. The predicted molar refractivity (Wildman–Crippen MR) is 88.4 cm³/mol. The summed E-state index contributed by atoms with van der Waals surface area (Å²) < 4.78 is 73.1. The monoisotopic (exact) mass is 408 g/mol. The highest BCUT2D eigenvalue weighted by Gasteiger charge is 2.38. The lowest BCUT2D eigenvalue weighted by Crippen LogP contribution is -2.36. The Labute approximate surface area is 157 Å². The lowest BCUT2D eigenvalue weighted by Gasteiger charge is -2.35. The summed E-state index contributed by atoms with van der Waals surface area (Å²) in [6, 6.07) is 9.98. The van der Waals surface area contributed by atoms with Crippen LogP contribution >= 0.6 is 0 Å². The van der Waals surface area contributed by atoms with Crippen molar-refractivity contribution in [3.8, 4) is 0 Å². The van der Waals surface area contributed by atoms with Gasteiger partial charge in [-0.15, -0.1) is 0 Å². The van der Waals surface area contributed by atoms with E-state index in [0.717, 1.165) is 24.8 Å². The van der Waals surface area contributed by atoms with Gasteiger partial charge in [-0.2, -0.15) is 26.3 Å². The first-order chi connectivity index (χ1) is 12.9. The molecule has 4 nitrogen and oxygen atoms in total. The number of carboxylic acid groups (broad SMARTS) is 1. The van der Waals surface area contributed by atoms with E-state index in [0.29, 0.717) is 12.1 Å². The van der Waals surface area contributed by atoms with E-state index in [-0.39, 0.29) is 6.04 Å². The SMILES string of the molecule is CC1c2cccn2CCN1Cc1ccccc1C(F)(F)F.O=C(O)C(F)(F)F. The Hall–Kier alpha value is -2.49. The fraction of sp³-hybridized carbons (Fsp3) is 0.389. The van der Waals surface area contributed by atoms with Crippen LogP contribution in [0.1, 0.15) is 29.8 Å². The van der Waals surface area contributed by atoms with E-state index in [9.17, 15) is 26.3 Å². The molecule has 1 aromatic carbocycles. The van der Waals surface area contributed by atoms with Crippen LogP contribution in [0.4, 0.5) is 26.3 Å². The maximum atomic E-state index is 13.1. The average molecular weight is 408 g/mol. The van der Waals surface area contributed by atoms with Crippen molar-refractivity contribution in [2.24, 2.45) is 0 Å². The van der Waals surface area contributed by atoms with Gasteiger partial charge in [0.15, 0.2) is 0 Å². The third-order valence-corrected chi connectivity index (χ3v) is 4.41. The topological polar surface area (TPSA) is 45.5 Å². The molecule has 0 saturated heterocycles. The first-order valence-electron chi connectivity index (χ1n) is 8.25. The number of fused-ring (bicyclic) bond motifs is 1. The number of aliphatic carboxylic acids is 1. The minimum atomic E-state index is -5.08. The van der Waals surface area contributed by atoms with Crippen molar-refractivity contribution in [1.82, 2.24) is 9.47 Å². The molecule has 0 saturated carbocycles. The van der Waals surface area contributed by atoms with Gasteiger partial charge in [0.1, 0.15) is 0 Å². The fourth-order valence-corrected chi connectivity index (χ4v) is 3.00. The van der Waals surface area contributed by atoms with Crippen LogP contribution in [0, 0.1) is 0 Å². The number of aromatic nitrogens is 1. The molecule has 1 aliphatic rings. The number of carboxylic acids is 1. The van der Waals surface area contributed by atoms with Crippen LogP contribution in [-0.4, -0.2) is 33.3 Å².